The quantitative estimate of drug-likeness (QED) is 0.0358. The fourth-order valence-electron chi connectivity index (χ4n) is 16.1. The fraction of sp³-hybridized carbons (Fsp3) is 0.337. The lowest BCUT2D eigenvalue weighted by Gasteiger charge is -2.29. The number of nitrogens with zero attached hydrogens (tertiary/aromatic N) is 6. The van der Waals surface area contributed by atoms with Crippen molar-refractivity contribution in [3.05, 3.63) is 330 Å². The number of hydrogen-bond donors (Lipinski definition) is 13. The summed E-state index contributed by atoms with van der Waals surface area (Å²) in [6, 6.07) is 57.2. The Balaban J connectivity index is 0.000000131. The van der Waals surface area contributed by atoms with E-state index in [1.54, 1.807) is 30.0 Å². The molecule has 10 aromatic rings. The zero-order valence-electron chi connectivity index (χ0n) is 74.6. The molecular weight excluding hydrogens is 1620 g/mol. The highest BCUT2D eigenvalue weighted by Crippen LogP contribution is 2.36. The number of nitrogens with one attached hydrogen (secondary N) is 10. The fourth-order valence-corrected chi connectivity index (χ4v) is 17.0. The first kappa shape index (κ1) is 92.9. The Morgan fingerprint density at radius 3 is 1.20 bits per heavy atom. The summed E-state index contributed by atoms with van der Waals surface area (Å²) in [6.45, 7) is 26.9. The Labute approximate surface area is 755 Å². The van der Waals surface area contributed by atoms with Crippen molar-refractivity contribution in [3.63, 3.8) is 0 Å². The van der Waals surface area contributed by atoms with Crippen molar-refractivity contribution in [1.82, 2.24) is 46.9 Å². The summed E-state index contributed by atoms with van der Waals surface area (Å²) in [7, 11) is 0. The molecule has 23 nitrogen and oxygen atoms in total. The molecule has 5 fully saturated rings. The number of aryl methyl sites for hydroxylation is 7. The summed E-state index contributed by atoms with van der Waals surface area (Å²) < 4.78 is 5.83. The van der Waals surface area contributed by atoms with Gasteiger partial charge in [-0.3, -0.25) is 30.7 Å². The van der Waals surface area contributed by atoms with E-state index in [2.05, 4.69) is 242 Å². The van der Waals surface area contributed by atoms with Crippen LogP contribution in [-0.4, -0.2) is 112 Å². The lowest BCUT2D eigenvalue weighted by atomic mass is 9.92. The van der Waals surface area contributed by atoms with E-state index < -0.39 is 0 Å². The Morgan fingerprint density at radius 2 is 0.781 bits per heavy atom. The molecule has 4 atom stereocenters. The average molecular weight is 1740 g/mol. The molecule has 3 aliphatic heterocycles. The zero-order valence-corrected chi connectivity index (χ0v) is 75.4. The molecular formula is C104H122N16O7S. The van der Waals surface area contributed by atoms with Gasteiger partial charge in [-0.05, 0) is 323 Å². The highest BCUT2D eigenvalue weighted by atomic mass is 32.2. The Bertz CT molecular complexity index is 5850. The lowest BCUT2D eigenvalue weighted by Crippen LogP contribution is -2.36. The monoisotopic (exact) mass is 1740 g/mol. The molecule has 7 aromatic carbocycles. The van der Waals surface area contributed by atoms with Crippen LogP contribution in [0.5, 0.6) is 5.75 Å². The van der Waals surface area contributed by atoms with Gasteiger partial charge in [0.05, 0.1) is 65.2 Å². The molecule has 0 saturated heterocycles. The Hall–Kier alpha value is -12.7. The van der Waals surface area contributed by atoms with E-state index in [4.69, 9.17) is 4.74 Å². The van der Waals surface area contributed by atoms with Crippen LogP contribution in [-0.2, 0) is 0 Å². The first-order chi connectivity index (χ1) is 61.9. The van der Waals surface area contributed by atoms with E-state index in [1.165, 1.54) is 112 Å². The molecule has 128 heavy (non-hydrogen) atoms. The van der Waals surface area contributed by atoms with Crippen LogP contribution in [0.1, 0.15) is 178 Å². The molecule has 0 bridgehead atoms. The van der Waals surface area contributed by atoms with E-state index in [0.29, 0.717) is 18.1 Å². The van der Waals surface area contributed by atoms with Gasteiger partial charge in [0.25, 0.3) is 16.7 Å². The van der Waals surface area contributed by atoms with Gasteiger partial charge in [-0.25, -0.2) is 15.3 Å². The highest BCUT2D eigenvalue weighted by molar-refractivity contribution is 7.99. The average Bonchev–Trinajstić information content (AvgIpc) is 1.13. The number of H-pyrrole nitrogens is 3. The van der Waals surface area contributed by atoms with Gasteiger partial charge < -0.3 is 41.3 Å². The van der Waals surface area contributed by atoms with Gasteiger partial charge in [0.15, 0.2) is 0 Å². The van der Waals surface area contributed by atoms with Crippen LogP contribution in [0.3, 0.4) is 0 Å². The van der Waals surface area contributed by atoms with Crippen molar-refractivity contribution in [2.75, 3.05) is 27.9 Å². The number of allylic oxidation sites excluding steroid dienone is 6. The van der Waals surface area contributed by atoms with Crippen LogP contribution < -0.4 is 59.0 Å². The Morgan fingerprint density at radius 1 is 0.375 bits per heavy atom. The molecule has 13 N–H and O–H groups in total. The minimum atomic E-state index is -0.270. The van der Waals surface area contributed by atoms with Crippen molar-refractivity contribution < 1.29 is 20.1 Å². The molecule has 666 valence electrons. The molecule has 8 aliphatic rings. The van der Waals surface area contributed by atoms with Crippen LogP contribution in [0, 0.1) is 54.4 Å². The van der Waals surface area contributed by atoms with Gasteiger partial charge in [-0.2, -0.15) is 30.6 Å². The van der Waals surface area contributed by atoms with Crippen molar-refractivity contribution in [2.45, 2.75) is 223 Å². The number of rotatable bonds is 19. The molecule has 18 rings (SSSR count). The lowest BCUT2D eigenvalue weighted by molar-refractivity contribution is 0.116. The highest BCUT2D eigenvalue weighted by Gasteiger charge is 2.27. The summed E-state index contributed by atoms with van der Waals surface area (Å²) in [5, 5.41) is 76.2. The number of aromatic nitrogens is 6. The molecule has 3 aromatic heterocycles. The molecule has 5 aliphatic carbocycles. The predicted octanol–water partition coefficient (Wildman–Crippen LogP) is 19.5. The maximum absolute atomic E-state index is 11.1. The third kappa shape index (κ3) is 27.9. The van der Waals surface area contributed by atoms with Crippen molar-refractivity contribution >= 4 is 51.6 Å². The molecule has 6 heterocycles. The molecule has 0 radical (unpaired) electrons. The minimum absolute atomic E-state index is 0.111. The normalized spacial score (nSPS) is 19.3. The first-order valence-corrected chi connectivity index (χ1v) is 45.7. The maximum atomic E-state index is 11.1. The second-order valence-electron chi connectivity index (χ2n) is 34.5. The number of anilines is 4. The number of hydrazone groups is 3. The predicted molar refractivity (Wildman–Crippen MR) is 522 cm³/mol. The molecule has 5 saturated carbocycles. The van der Waals surface area contributed by atoms with E-state index in [0.717, 1.165) is 203 Å². The third-order valence-electron chi connectivity index (χ3n) is 23.9. The number of ether oxygens (including phenoxy) is 1. The van der Waals surface area contributed by atoms with Gasteiger partial charge in [0.2, 0.25) is 0 Å². The van der Waals surface area contributed by atoms with E-state index >= 15 is 0 Å². The van der Waals surface area contributed by atoms with Crippen LogP contribution in [0.25, 0.3) is 33.8 Å². The summed E-state index contributed by atoms with van der Waals surface area (Å²) in [5.74, 6) is 1.76. The minimum Gasteiger partial charge on any atom is -0.493 e. The summed E-state index contributed by atoms with van der Waals surface area (Å²) in [5.41, 5.74) is 34.7. The maximum Gasteiger partial charge on any atom is 0.264 e. The summed E-state index contributed by atoms with van der Waals surface area (Å²) >= 11 is 1.75. The smallest absolute Gasteiger partial charge is 0.264 e. The number of aromatic amines is 3. The van der Waals surface area contributed by atoms with Crippen molar-refractivity contribution in [3.8, 4) is 39.5 Å². The molecule has 4 unspecified atom stereocenters. The zero-order chi connectivity index (χ0) is 90.0. The number of hydrogen-bond acceptors (Lipinski definition) is 21. The third-order valence-corrected chi connectivity index (χ3v) is 25.1. The van der Waals surface area contributed by atoms with E-state index in [1.807, 2.05) is 79.8 Å². The van der Waals surface area contributed by atoms with Gasteiger partial charge in [-0.15, -0.1) is 0 Å². The van der Waals surface area contributed by atoms with Crippen molar-refractivity contribution in [2.24, 2.45) is 21.2 Å². The van der Waals surface area contributed by atoms with Crippen LogP contribution >= 0.6 is 11.8 Å². The largest absolute Gasteiger partial charge is 0.493 e. The van der Waals surface area contributed by atoms with Gasteiger partial charge in [0.1, 0.15) is 5.75 Å². The number of aliphatic hydroxyl groups is 3. The van der Waals surface area contributed by atoms with Gasteiger partial charge in [0, 0.05) is 119 Å². The van der Waals surface area contributed by atoms with Gasteiger partial charge in [-0.1, -0.05) is 112 Å². The van der Waals surface area contributed by atoms with Crippen LogP contribution in [0.15, 0.2) is 283 Å². The summed E-state index contributed by atoms with van der Waals surface area (Å²) in [4.78, 5) is 35.7. The van der Waals surface area contributed by atoms with Crippen LogP contribution in [0.4, 0.5) is 22.7 Å². The molecule has 0 spiro atoms. The number of benzene rings is 7. The molecule has 24 heteroatoms. The second kappa shape index (κ2) is 45.6. The van der Waals surface area contributed by atoms with E-state index in [9.17, 15) is 29.7 Å². The molecule has 0 amide bonds. The standard InChI is InChI=1S/2C18H23N3O.C18H16N2OS.C17H21N3O2.C17H21N3O.C16H18N2O/c1-12-11-14(18-9-3-13(2)20-21-18)4-10-17(12)19-15-5-7-16(22)8-6-15;1-12-10-14(18-8-6-13(2)20-21-18)7-9-17(12)19-15-4-3-5-16(22)11-15;1-12-3-6-15(7-4-12)22-17-9-5-14(11-13(17)2)16-8-10-18(21)20-19-16;1-11-10-12(14-8-9-17(22)20-19-14)6-7-13(11)18-15-4-2-3-5-16(15)21;1-12-11-13(16-9-10-17(21)20-19-16)7-8-15(12)18-14-5-3-2-4-6-14;1-11-9-14(15-7-3-12(2)17-18-15)6-8-16(11)19-10-13-4-5-13/h3-4,9-11,15-16,19-20,22H,2,5-8H2,1H3;6-10,15-16,19-20,22H,2-5,11H2,1H3;3-11H,1-2H3,(H,20,21);6-10,15-16,18,21H,2-5H2,1H3,(H,20,22);7-11,14,18H,2-6H2,1H3,(H,20,21);3,6-9,13,17H,2,4-5,10H2,1H3. The number of aliphatic hydroxyl groups excluding tert-OH is 3. The first-order valence-electron chi connectivity index (χ1n) is 44.9. The SMILES string of the molecule is C=C1C=CC(c2ccc(NC3CCC(O)CC3)c(C)c2)=NN1.C=C1C=CC(c2ccc(NC3CCCC(O)C3)c(C)c2)=NN1.C=C1C=CC(c2ccc(OCC3CC3)c(C)c2)=NN1.Cc1cc(-c2ccc(=O)[nH]n2)ccc1NC1CCCCC1.Cc1cc(-c2ccc(=O)[nH]n2)ccc1NC1CCCCC1O.Cc1ccc(Sc2ccc(-c3ccc(=O)[nH]n3)cc2C)cc1. The van der Waals surface area contributed by atoms with Crippen LogP contribution in [0.2, 0.25) is 0 Å². The van der Waals surface area contributed by atoms with Gasteiger partial charge >= 0.3 is 0 Å². The second-order valence-corrected chi connectivity index (χ2v) is 35.6. The van der Waals surface area contributed by atoms with E-state index in [-0.39, 0.29) is 41.0 Å². The van der Waals surface area contributed by atoms with Crippen molar-refractivity contribution in [1.29, 1.82) is 0 Å². The Kier molecular flexibility index (Phi) is 33.1. The summed E-state index contributed by atoms with van der Waals surface area (Å²) in [6.07, 6.45) is 32.3. The topological polar surface area (TPSA) is 328 Å².